The fourth-order valence-electron chi connectivity index (χ4n) is 5.77. The summed E-state index contributed by atoms with van der Waals surface area (Å²) in [6.45, 7) is 5.49. The van der Waals surface area contributed by atoms with Gasteiger partial charge in [-0.2, -0.15) is 0 Å². The fourth-order valence-corrected chi connectivity index (χ4v) is 6.82. The number of aryl methyl sites for hydroxylation is 2. The zero-order valence-corrected chi connectivity index (χ0v) is 20.6. The number of hydrogen-bond donors (Lipinski definition) is 1. The Morgan fingerprint density at radius 1 is 0.824 bits per heavy atom. The number of thiophene rings is 1. The SMILES string of the molecule is CC(=O)C1CC2(CC(NC(=O)c3c(C)sc(C)c3C(=O)c3ccc(-c4ccccc4)cc3)C2)C1. The van der Waals surface area contributed by atoms with Crippen molar-refractivity contribution >= 4 is 28.8 Å². The fraction of sp³-hybridized carbons (Fsp3) is 0.345. The van der Waals surface area contributed by atoms with Gasteiger partial charge in [-0.1, -0.05) is 54.6 Å². The Hall–Kier alpha value is -3.05. The van der Waals surface area contributed by atoms with Crippen LogP contribution in [-0.4, -0.2) is 23.5 Å². The van der Waals surface area contributed by atoms with Gasteiger partial charge in [0.2, 0.25) is 0 Å². The maximum Gasteiger partial charge on any atom is 0.253 e. The molecule has 2 aromatic carbocycles. The number of ketones is 2. The second kappa shape index (κ2) is 8.62. The van der Waals surface area contributed by atoms with Crippen molar-refractivity contribution in [2.75, 3.05) is 0 Å². The van der Waals surface area contributed by atoms with Crippen molar-refractivity contribution < 1.29 is 14.4 Å². The van der Waals surface area contributed by atoms with Crippen LogP contribution in [-0.2, 0) is 4.79 Å². The number of hydrogen-bond acceptors (Lipinski definition) is 4. The van der Waals surface area contributed by atoms with Crippen LogP contribution in [0, 0.1) is 25.2 Å². The van der Waals surface area contributed by atoms with Crippen molar-refractivity contribution in [2.24, 2.45) is 11.3 Å². The highest BCUT2D eigenvalue weighted by Gasteiger charge is 2.54. The van der Waals surface area contributed by atoms with Crippen LogP contribution < -0.4 is 5.32 Å². The number of amides is 1. The van der Waals surface area contributed by atoms with Gasteiger partial charge < -0.3 is 5.32 Å². The Bertz CT molecular complexity index is 1260. The Balaban J connectivity index is 1.31. The molecule has 2 aliphatic rings. The van der Waals surface area contributed by atoms with Crippen molar-refractivity contribution in [1.29, 1.82) is 0 Å². The molecule has 3 aromatic rings. The molecule has 2 fully saturated rings. The van der Waals surface area contributed by atoms with E-state index in [0.717, 1.165) is 46.6 Å². The van der Waals surface area contributed by atoms with Crippen molar-refractivity contribution in [1.82, 2.24) is 5.32 Å². The van der Waals surface area contributed by atoms with Crippen molar-refractivity contribution in [2.45, 2.75) is 52.5 Å². The van der Waals surface area contributed by atoms with Gasteiger partial charge in [-0.15, -0.1) is 11.3 Å². The van der Waals surface area contributed by atoms with Gasteiger partial charge in [0.05, 0.1) is 5.56 Å². The maximum atomic E-state index is 13.5. The van der Waals surface area contributed by atoms with E-state index in [1.165, 1.54) is 11.3 Å². The molecule has 1 amide bonds. The Kier molecular flexibility index (Phi) is 5.76. The molecule has 0 unspecified atom stereocenters. The molecule has 4 nitrogen and oxygen atoms in total. The summed E-state index contributed by atoms with van der Waals surface area (Å²) < 4.78 is 0. The van der Waals surface area contributed by atoms with Gasteiger partial charge in [0.1, 0.15) is 5.78 Å². The summed E-state index contributed by atoms with van der Waals surface area (Å²) in [5.41, 5.74) is 4.01. The third-order valence-electron chi connectivity index (χ3n) is 7.60. The van der Waals surface area contributed by atoms with Gasteiger partial charge in [-0.3, -0.25) is 14.4 Å². The largest absolute Gasteiger partial charge is 0.349 e. The van der Waals surface area contributed by atoms with Crippen LogP contribution in [0.3, 0.4) is 0 Å². The minimum Gasteiger partial charge on any atom is -0.349 e. The van der Waals surface area contributed by atoms with E-state index in [0.29, 0.717) is 16.7 Å². The quantitative estimate of drug-likeness (QED) is 0.439. The molecule has 5 heteroatoms. The first-order valence-corrected chi connectivity index (χ1v) is 12.7. The van der Waals surface area contributed by atoms with E-state index in [4.69, 9.17) is 0 Å². The van der Waals surface area contributed by atoms with Crippen LogP contribution >= 0.6 is 11.3 Å². The molecular weight excluding hydrogens is 442 g/mol. The molecule has 34 heavy (non-hydrogen) atoms. The summed E-state index contributed by atoms with van der Waals surface area (Å²) in [4.78, 5) is 40.0. The van der Waals surface area contributed by atoms with Crippen LogP contribution in [0.25, 0.3) is 11.1 Å². The van der Waals surface area contributed by atoms with Crippen molar-refractivity contribution in [3.8, 4) is 11.1 Å². The van der Waals surface area contributed by atoms with E-state index in [1.807, 2.05) is 68.4 Å². The highest BCUT2D eigenvalue weighted by Crippen LogP contribution is 2.58. The number of carbonyl (C=O) groups excluding carboxylic acids is 3. The minimum atomic E-state index is -0.159. The highest BCUT2D eigenvalue weighted by molar-refractivity contribution is 7.12. The summed E-state index contributed by atoms with van der Waals surface area (Å²) in [5, 5.41) is 3.16. The molecule has 1 spiro atoms. The van der Waals surface area contributed by atoms with Crippen LogP contribution in [0.5, 0.6) is 0 Å². The lowest BCUT2D eigenvalue weighted by Gasteiger charge is -2.57. The number of rotatable bonds is 6. The molecule has 0 atom stereocenters. The van der Waals surface area contributed by atoms with Gasteiger partial charge in [0.25, 0.3) is 5.91 Å². The van der Waals surface area contributed by atoms with Crippen LogP contribution in [0.2, 0.25) is 0 Å². The Labute approximate surface area is 204 Å². The van der Waals surface area contributed by atoms with Gasteiger partial charge in [-0.25, -0.2) is 0 Å². The lowest BCUT2D eigenvalue weighted by atomic mass is 9.49. The number of nitrogens with one attached hydrogen (secondary N) is 1. The molecule has 0 radical (unpaired) electrons. The molecule has 2 aliphatic carbocycles. The molecule has 5 rings (SSSR count). The molecule has 1 heterocycles. The van der Waals surface area contributed by atoms with E-state index in [2.05, 4.69) is 5.32 Å². The standard InChI is InChI=1S/C29H29NO3S/c1-17(31)23-13-29(14-23)15-24(16-29)30-28(33)26-19(3)34-18(2)25(26)27(32)22-11-9-21(10-12-22)20-7-5-4-6-8-20/h4-12,23-24H,13-16H2,1-3H3,(H,30,33). The lowest BCUT2D eigenvalue weighted by Crippen LogP contribution is -2.57. The molecule has 1 N–H and O–H groups in total. The van der Waals surface area contributed by atoms with Crippen molar-refractivity contribution in [3.05, 3.63) is 81.0 Å². The average Bonchev–Trinajstić information content (AvgIpc) is 3.08. The summed E-state index contributed by atoms with van der Waals surface area (Å²) in [5.74, 6) is 0.215. The lowest BCUT2D eigenvalue weighted by molar-refractivity contribution is -0.134. The third kappa shape index (κ3) is 4.03. The summed E-state index contributed by atoms with van der Waals surface area (Å²) in [7, 11) is 0. The Morgan fingerprint density at radius 3 is 2.03 bits per heavy atom. The minimum absolute atomic E-state index is 0.111. The van der Waals surface area contributed by atoms with Gasteiger partial charge in [-0.05, 0) is 63.0 Å². The molecule has 174 valence electrons. The third-order valence-corrected chi connectivity index (χ3v) is 8.62. The monoisotopic (exact) mass is 471 g/mol. The van der Waals surface area contributed by atoms with Crippen LogP contribution in [0.4, 0.5) is 0 Å². The average molecular weight is 472 g/mol. The smallest absolute Gasteiger partial charge is 0.253 e. The van der Waals surface area contributed by atoms with Crippen molar-refractivity contribution in [3.63, 3.8) is 0 Å². The van der Waals surface area contributed by atoms with E-state index < -0.39 is 0 Å². The predicted molar refractivity (Wildman–Crippen MR) is 135 cm³/mol. The second-order valence-corrected chi connectivity index (χ2v) is 11.5. The first-order chi connectivity index (χ1) is 16.3. The zero-order chi connectivity index (χ0) is 24.0. The zero-order valence-electron chi connectivity index (χ0n) is 19.8. The first kappa shape index (κ1) is 22.7. The Morgan fingerprint density at radius 2 is 1.41 bits per heavy atom. The van der Waals surface area contributed by atoms with E-state index >= 15 is 0 Å². The normalized spacial score (nSPS) is 23.1. The molecule has 0 saturated heterocycles. The molecule has 1 aromatic heterocycles. The summed E-state index contributed by atoms with van der Waals surface area (Å²) in [6, 6.07) is 17.8. The summed E-state index contributed by atoms with van der Waals surface area (Å²) in [6.07, 6.45) is 3.76. The van der Waals surface area contributed by atoms with Gasteiger partial charge >= 0.3 is 0 Å². The van der Waals surface area contributed by atoms with Gasteiger partial charge in [0.15, 0.2) is 5.78 Å². The molecule has 2 saturated carbocycles. The maximum absolute atomic E-state index is 13.5. The van der Waals surface area contributed by atoms with E-state index in [-0.39, 0.29) is 34.8 Å². The van der Waals surface area contributed by atoms with Gasteiger partial charge in [0, 0.05) is 32.8 Å². The van der Waals surface area contributed by atoms with Crippen LogP contribution in [0.1, 0.15) is 68.6 Å². The number of carbonyl (C=O) groups is 3. The highest BCUT2D eigenvalue weighted by atomic mass is 32.1. The number of benzene rings is 2. The van der Waals surface area contributed by atoms with Crippen LogP contribution in [0.15, 0.2) is 54.6 Å². The predicted octanol–water partition coefficient (Wildman–Crippen LogP) is 6.14. The topological polar surface area (TPSA) is 63.2 Å². The van der Waals surface area contributed by atoms with E-state index in [1.54, 1.807) is 6.92 Å². The summed E-state index contributed by atoms with van der Waals surface area (Å²) >= 11 is 1.50. The van der Waals surface area contributed by atoms with E-state index in [9.17, 15) is 14.4 Å². The number of Topliss-reactive ketones (excluding diaryl/α,β-unsaturated/α-hetero) is 1. The second-order valence-electron chi connectivity index (χ2n) is 10.0. The molecule has 0 aliphatic heterocycles. The first-order valence-electron chi connectivity index (χ1n) is 11.9. The molecule has 0 bridgehead atoms. The molecular formula is C29H29NO3S.